The van der Waals surface area contributed by atoms with Crippen molar-refractivity contribution < 1.29 is 22.7 Å². The molecule has 0 saturated carbocycles. The largest absolute Gasteiger partial charge is 0.444 e. The molecule has 0 aromatic heterocycles. The van der Waals surface area contributed by atoms with Gasteiger partial charge in [0.25, 0.3) is 0 Å². The number of carbonyl (C=O) groups excluding carboxylic acids is 2. The monoisotopic (exact) mass is 376 g/mol. The summed E-state index contributed by atoms with van der Waals surface area (Å²) in [5, 5.41) is 2.09. The maximum atomic E-state index is 12.6. The number of rotatable bonds is 3. The summed E-state index contributed by atoms with van der Waals surface area (Å²) in [4.78, 5) is 26.7. The molecule has 0 aromatic rings. The van der Waals surface area contributed by atoms with Crippen LogP contribution < -0.4 is 5.32 Å². The molecular weight excluding hydrogens is 348 g/mol. The number of ether oxygens (including phenoxy) is 1. The molecule has 3 amide bonds. The normalized spacial score (nSPS) is 20.2. The minimum atomic E-state index is -3.46. The topological polar surface area (TPSA) is 99.3 Å². The van der Waals surface area contributed by atoms with Crippen molar-refractivity contribution in [2.75, 3.05) is 45.8 Å². The van der Waals surface area contributed by atoms with Crippen molar-refractivity contribution in [3.8, 4) is 0 Å². The van der Waals surface area contributed by atoms with Crippen LogP contribution in [-0.4, -0.2) is 91.3 Å². The van der Waals surface area contributed by atoms with E-state index in [0.29, 0.717) is 19.6 Å². The van der Waals surface area contributed by atoms with E-state index in [1.807, 2.05) is 6.92 Å². The molecule has 0 radical (unpaired) electrons. The SMILES string of the molecule is CCNC(=O)N1CC(S(=O)(=O)N2CCN(C(=O)OC(C)(C)C)CC2)C1. The Balaban J connectivity index is 1.84. The first-order chi connectivity index (χ1) is 11.5. The molecule has 0 aliphatic carbocycles. The number of nitrogens with zero attached hydrogens (tertiary/aromatic N) is 3. The highest BCUT2D eigenvalue weighted by Crippen LogP contribution is 2.22. The molecule has 0 unspecified atom stereocenters. The lowest BCUT2D eigenvalue weighted by atomic mass is 10.2. The number of piperazine rings is 1. The Labute approximate surface area is 149 Å². The van der Waals surface area contributed by atoms with Crippen LogP contribution in [0, 0.1) is 0 Å². The second kappa shape index (κ2) is 7.36. The molecule has 2 fully saturated rings. The fourth-order valence-electron chi connectivity index (χ4n) is 2.72. The van der Waals surface area contributed by atoms with Gasteiger partial charge in [-0.1, -0.05) is 0 Å². The van der Waals surface area contributed by atoms with Crippen LogP contribution >= 0.6 is 0 Å². The fourth-order valence-corrected chi connectivity index (χ4v) is 4.55. The van der Waals surface area contributed by atoms with E-state index in [2.05, 4.69) is 5.32 Å². The zero-order chi connectivity index (χ0) is 18.8. The predicted molar refractivity (Wildman–Crippen MR) is 92.7 cm³/mol. The summed E-state index contributed by atoms with van der Waals surface area (Å²) in [6.07, 6.45) is -0.421. The van der Waals surface area contributed by atoms with Crippen molar-refractivity contribution in [3.05, 3.63) is 0 Å². The molecule has 25 heavy (non-hydrogen) atoms. The molecule has 2 heterocycles. The van der Waals surface area contributed by atoms with Crippen LogP contribution in [0.1, 0.15) is 27.7 Å². The van der Waals surface area contributed by atoms with Gasteiger partial charge < -0.3 is 19.9 Å². The van der Waals surface area contributed by atoms with Crippen molar-refractivity contribution in [2.24, 2.45) is 0 Å². The first kappa shape index (κ1) is 19.8. The number of sulfonamides is 1. The van der Waals surface area contributed by atoms with Gasteiger partial charge in [-0.05, 0) is 27.7 Å². The van der Waals surface area contributed by atoms with E-state index in [-0.39, 0.29) is 32.2 Å². The molecule has 2 rings (SSSR count). The Morgan fingerprint density at radius 3 is 2.12 bits per heavy atom. The van der Waals surface area contributed by atoms with Crippen molar-refractivity contribution in [1.82, 2.24) is 19.4 Å². The molecule has 9 nitrogen and oxygen atoms in total. The van der Waals surface area contributed by atoms with Crippen LogP contribution in [0.3, 0.4) is 0 Å². The smallest absolute Gasteiger partial charge is 0.410 e. The van der Waals surface area contributed by atoms with E-state index in [1.54, 1.807) is 20.8 Å². The summed E-state index contributed by atoms with van der Waals surface area (Å²) >= 11 is 0. The van der Waals surface area contributed by atoms with Crippen LogP contribution in [-0.2, 0) is 14.8 Å². The second-order valence-corrected chi connectivity index (χ2v) is 9.49. The minimum absolute atomic E-state index is 0.209. The first-order valence-corrected chi connectivity index (χ1v) is 10.0. The summed E-state index contributed by atoms with van der Waals surface area (Å²) in [5.74, 6) is 0. The first-order valence-electron chi connectivity index (χ1n) is 8.54. The van der Waals surface area contributed by atoms with Gasteiger partial charge in [0.05, 0.1) is 0 Å². The Morgan fingerprint density at radius 2 is 1.64 bits per heavy atom. The maximum Gasteiger partial charge on any atom is 0.410 e. The van der Waals surface area contributed by atoms with Gasteiger partial charge >= 0.3 is 12.1 Å². The summed E-state index contributed by atoms with van der Waals surface area (Å²) < 4.78 is 32.0. The number of hydrogen-bond acceptors (Lipinski definition) is 5. The van der Waals surface area contributed by atoms with E-state index in [9.17, 15) is 18.0 Å². The van der Waals surface area contributed by atoms with E-state index in [1.165, 1.54) is 14.1 Å². The van der Waals surface area contributed by atoms with Gasteiger partial charge in [0.1, 0.15) is 10.9 Å². The van der Waals surface area contributed by atoms with Gasteiger partial charge in [-0.3, -0.25) is 0 Å². The average Bonchev–Trinajstić information content (AvgIpc) is 2.44. The number of urea groups is 1. The third-order valence-electron chi connectivity index (χ3n) is 4.13. The molecule has 2 aliphatic rings. The average molecular weight is 376 g/mol. The van der Waals surface area contributed by atoms with Crippen LogP contribution in [0.15, 0.2) is 0 Å². The van der Waals surface area contributed by atoms with Crippen LogP contribution in [0.5, 0.6) is 0 Å². The summed E-state index contributed by atoms with van der Waals surface area (Å²) in [5.41, 5.74) is -0.575. The summed E-state index contributed by atoms with van der Waals surface area (Å²) in [6.45, 7) is 9.24. The fraction of sp³-hybridized carbons (Fsp3) is 0.867. The number of carbonyl (C=O) groups is 2. The third kappa shape index (κ3) is 4.75. The Bertz CT molecular complexity index is 602. The lowest BCUT2D eigenvalue weighted by Gasteiger charge is -2.42. The van der Waals surface area contributed by atoms with Gasteiger partial charge in [0.2, 0.25) is 10.0 Å². The van der Waals surface area contributed by atoms with Crippen LogP contribution in [0.2, 0.25) is 0 Å². The maximum absolute atomic E-state index is 12.6. The molecule has 0 aromatic carbocycles. The van der Waals surface area contributed by atoms with E-state index in [4.69, 9.17) is 4.74 Å². The molecule has 0 spiro atoms. The zero-order valence-corrected chi connectivity index (χ0v) is 16.1. The third-order valence-corrected chi connectivity index (χ3v) is 6.36. The van der Waals surface area contributed by atoms with Crippen molar-refractivity contribution >= 4 is 22.1 Å². The predicted octanol–water partition coefficient (Wildman–Crippen LogP) is 0.283. The lowest BCUT2D eigenvalue weighted by molar-refractivity contribution is 0.0191. The number of nitrogens with one attached hydrogen (secondary N) is 1. The van der Waals surface area contributed by atoms with Gasteiger partial charge in [0.15, 0.2) is 0 Å². The zero-order valence-electron chi connectivity index (χ0n) is 15.3. The molecule has 10 heteroatoms. The van der Waals surface area contributed by atoms with Crippen molar-refractivity contribution in [1.29, 1.82) is 0 Å². The number of hydrogen-bond donors (Lipinski definition) is 1. The summed E-state index contributed by atoms with van der Waals surface area (Å²) in [6, 6.07) is -0.233. The molecule has 0 bridgehead atoms. The molecular formula is C15H28N4O5S. The van der Waals surface area contributed by atoms with Gasteiger partial charge in [-0.2, -0.15) is 4.31 Å². The molecule has 2 saturated heterocycles. The van der Waals surface area contributed by atoms with E-state index >= 15 is 0 Å². The van der Waals surface area contributed by atoms with E-state index in [0.717, 1.165) is 0 Å². The Kier molecular flexibility index (Phi) is 5.82. The van der Waals surface area contributed by atoms with Gasteiger partial charge in [0, 0.05) is 45.8 Å². The van der Waals surface area contributed by atoms with Crippen molar-refractivity contribution in [3.63, 3.8) is 0 Å². The Morgan fingerprint density at radius 1 is 1.08 bits per heavy atom. The minimum Gasteiger partial charge on any atom is -0.444 e. The highest BCUT2D eigenvalue weighted by molar-refractivity contribution is 7.89. The number of likely N-dealkylation sites (tertiary alicyclic amines) is 1. The van der Waals surface area contributed by atoms with Gasteiger partial charge in [-0.15, -0.1) is 0 Å². The highest BCUT2D eigenvalue weighted by Gasteiger charge is 2.43. The molecule has 2 aliphatic heterocycles. The molecule has 144 valence electrons. The van der Waals surface area contributed by atoms with Gasteiger partial charge in [-0.25, -0.2) is 18.0 Å². The lowest BCUT2D eigenvalue weighted by Crippen LogP contribution is -2.63. The Hall–Kier alpha value is -1.55. The molecule has 1 N–H and O–H groups in total. The van der Waals surface area contributed by atoms with Crippen LogP contribution in [0.25, 0.3) is 0 Å². The summed E-state index contributed by atoms with van der Waals surface area (Å²) in [7, 11) is -3.46. The second-order valence-electron chi connectivity index (χ2n) is 7.27. The van der Waals surface area contributed by atoms with Crippen molar-refractivity contribution in [2.45, 2.75) is 38.5 Å². The van der Waals surface area contributed by atoms with Crippen LogP contribution in [0.4, 0.5) is 9.59 Å². The number of amides is 3. The van der Waals surface area contributed by atoms with E-state index < -0.39 is 27.0 Å². The quantitative estimate of drug-likeness (QED) is 0.763. The standard InChI is InChI=1S/C15H28N4O5S/c1-5-16-13(20)18-10-12(11-18)25(22,23)19-8-6-17(7-9-19)14(21)24-15(2,3)4/h12H,5-11H2,1-4H3,(H,16,20). The highest BCUT2D eigenvalue weighted by atomic mass is 32.2. The molecule has 0 atom stereocenters.